The molecule has 1 aliphatic rings. The number of amides is 1. The van der Waals surface area contributed by atoms with Crippen molar-refractivity contribution in [3.63, 3.8) is 0 Å². The molecular formula is C19H24ClN3O4S. The van der Waals surface area contributed by atoms with Gasteiger partial charge in [0, 0.05) is 37.9 Å². The zero-order valence-corrected chi connectivity index (χ0v) is 17.4. The number of carbonyl (C=O) groups excluding carboxylic acids is 1. The topological polar surface area (TPSA) is 73.7 Å². The first-order chi connectivity index (χ1) is 13.6. The summed E-state index contributed by atoms with van der Waals surface area (Å²) in [6.07, 6.45) is 0.694. The first-order valence-electron chi connectivity index (χ1n) is 9.36. The van der Waals surface area contributed by atoms with Crippen LogP contribution in [0.2, 0.25) is 5.02 Å². The zero-order chi connectivity index (χ0) is 19.9. The van der Waals surface area contributed by atoms with Gasteiger partial charge in [-0.3, -0.25) is 14.2 Å². The van der Waals surface area contributed by atoms with Crippen LogP contribution in [0.3, 0.4) is 0 Å². The maximum atomic E-state index is 13.0. The van der Waals surface area contributed by atoms with E-state index in [2.05, 4.69) is 4.98 Å². The molecule has 2 heterocycles. The van der Waals surface area contributed by atoms with Crippen molar-refractivity contribution in [2.75, 3.05) is 45.3 Å². The molecule has 3 rings (SSSR count). The summed E-state index contributed by atoms with van der Waals surface area (Å²) < 4.78 is 12.3. The molecule has 1 amide bonds. The fourth-order valence-corrected chi connectivity index (χ4v) is 4.08. The lowest BCUT2D eigenvalue weighted by Crippen LogP contribution is -2.41. The Morgan fingerprint density at radius 3 is 2.89 bits per heavy atom. The van der Waals surface area contributed by atoms with E-state index in [0.29, 0.717) is 73.6 Å². The second kappa shape index (κ2) is 10.2. The van der Waals surface area contributed by atoms with E-state index < -0.39 is 0 Å². The molecule has 0 saturated carbocycles. The highest BCUT2D eigenvalue weighted by molar-refractivity contribution is 7.99. The monoisotopic (exact) mass is 425 g/mol. The quantitative estimate of drug-likeness (QED) is 0.367. The van der Waals surface area contributed by atoms with Gasteiger partial charge in [-0.25, -0.2) is 4.98 Å². The summed E-state index contributed by atoms with van der Waals surface area (Å²) >= 11 is 7.35. The van der Waals surface area contributed by atoms with Gasteiger partial charge in [0.25, 0.3) is 5.56 Å². The number of thioether (sulfide) groups is 1. The fraction of sp³-hybridized carbons (Fsp3) is 0.526. The van der Waals surface area contributed by atoms with E-state index in [-0.39, 0.29) is 17.2 Å². The standard InChI is InChI=1S/C19H24ClN3O4S/c1-2-26-9-3-6-23-18(25)15-5-4-14(20)12-16(15)21-19(23)28-13-17(24)22-7-10-27-11-8-22/h4-5,12H,2-3,6-11,13H2,1H3. The van der Waals surface area contributed by atoms with E-state index in [9.17, 15) is 9.59 Å². The Balaban J connectivity index is 1.82. The number of hydrogen-bond acceptors (Lipinski definition) is 6. The van der Waals surface area contributed by atoms with Crippen molar-refractivity contribution in [1.82, 2.24) is 14.5 Å². The molecule has 7 nitrogen and oxygen atoms in total. The van der Waals surface area contributed by atoms with Crippen LogP contribution < -0.4 is 5.56 Å². The molecule has 0 bridgehead atoms. The third-order valence-electron chi connectivity index (χ3n) is 4.45. The zero-order valence-electron chi connectivity index (χ0n) is 15.9. The van der Waals surface area contributed by atoms with E-state index in [4.69, 9.17) is 21.1 Å². The van der Waals surface area contributed by atoms with E-state index in [1.165, 1.54) is 11.8 Å². The van der Waals surface area contributed by atoms with E-state index in [1.54, 1.807) is 27.7 Å². The van der Waals surface area contributed by atoms with Crippen LogP contribution in [0.4, 0.5) is 0 Å². The number of benzene rings is 1. The van der Waals surface area contributed by atoms with Gasteiger partial charge >= 0.3 is 0 Å². The Morgan fingerprint density at radius 2 is 2.14 bits per heavy atom. The average Bonchev–Trinajstić information content (AvgIpc) is 2.71. The van der Waals surface area contributed by atoms with Crippen molar-refractivity contribution in [2.45, 2.75) is 25.0 Å². The number of fused-ring (bicyclic) bond motifs is 1. The highest BCUT2D eigenvalue weighted by Crippen LogP contribution is 2.21. The minimum Gasteiger partial charge on any atom is -0.382 e. The van der Waals surface area contributed by atoms with Crippen LogP contribution in [-0.2, 0) is 20.8 Å². The molecule has 152 valence electrons. The molecule has 0 radical (unpaired) electrons. The lowest BCUT2D eigenvalue weighted by molar-refractivity contribution is -0.132. The number of rotatable bonds is 8. The largest absolute Gasteiger partial charge is 0.382 e. The minimum atomic E-state index is -0.125. The third kappa shape index (κ3) is 5.26. The second-order valence-electron chi connectivity index (χ2n) is 6.34. The van der Waals surface area contributed by atoms with Crippen LogP contribution >= 0.6 is 23.4 Å². The Morgan fingerprint density at radius 1 is 1.36 bits per heavy atom. The summed E-state index contributed by atoms with van der Waals surface area (Å²) in [6.45, 7) is 5.95. The SMILES string of the molecule is CCOCCCn1c(SCC(=O)N2CCOCC2)nc2cc(Cl)ccc2c1=O. The predicted molar refractivity (Wildman–Crippen MR) is 110 cm³/mol. The number of halogens is 1. The molecule has 9 heteroatoms. The Kier molecular flexibility index (Phi) is 7.73. The number of morpholine rings is 1. The molecule has 1 aromatic heterocycles. The van der Waals surface area contributed by atoms with Gasteiger partial charge in [-0.1, -0.05) is 23.4 Å². The lowest BCUT2D eigenvalue weighted by atomic mass is 10.2. The minimum absolute atomic E-state index is 0.0228. The smallest absolute Gasteiger partial charge is 0.262 e. The number of aromatic nitrogens is 2. The number of nitrogens with zero attached hydrogens (tertiary/aromatic N) is 3. The summed E-state index contributed by atoms with van der Waals surface area (Å²) in [6, 6.07) is 5.06. The van der Waals surface area contributed by atoms with Crippen molar-refractivity contribution >= 4 is 40.2 Å². The highest BCUT2D eigenvalue weighted by Gasteiger charge is 2.19. The molecule has 2 aromatic rings. The summed E-state index contributed by atoms with van der Waals surface area (Å²) in [4.78, 5) is 31.9. The third-order valence-corrected chi connectivity index (χ3v) is 5.64. The van der Waals surface area contributed by atoms with Gasteiger partial charge in [-0.05, 0) is 31.5 Å². The Bertz CT molecular complexity index is 883. The van der Waals surface area contributed by atoms with Crippen LogP contribution in [0.15, 0.2) is 28.2 Å². The van der Waals surface area contributed by atoms with Gasteiger partial charge in [-0.15, -0.1) is 0 Å². The van der Waals surface area contributed by atoms with Gasteiger partial charge in [0.05, 0.1) is 29.9 Å². The highest BCUT2D eigenvalue weighted by atomic mass is 35.5. The molecule has 1 aliphatic heterocycles. The molecule has 0 spiro atoms. The molecule has 0 aliphatic carbocycles. The number of hydrogen-bond donors (Lipinski definition) is 0. The van der Waals surface area contributed by atoms with Crippen LogP contribution in [0.25, 0.3) is 10.9 Å². The lowest BCUT2D eigenvalue weighted by Gasteiger charge is -2.26. The van der Waals surface area contributed by atoms with Crippen LogP contribution in [0, 0.1) is 0 Å². The molecule has 1 fully saturated rings. The fourth-order valence-electron chi connectivity index (χ4n) is 2.98. The maximum absolute atomic E-state index is 13.0. The number of ether oxygens (including phenoxy) is 2. The maximum Gasteiger partial charge on any atom is 0.262 e. The van der Waals surface area contributed by atoms with Crippen molar-refractivity contribution in [2.24, 2.45) is 0 Å². The van der Waals surface area contributed by atoms with E-state index in [0.717, 1.165) is 0 Å². The van der Waals surface area contributed by atoms with Crippen LogP contribution in [-0.4, -0.2) is 65.6 Å². The molecule has 0 atom stereocenters. The van der Waals surface area contributed by atoms with Gasteiger partial charge < -0.3 is 14.4 Å². The molecular weight excluding hydrogens is 402 g/mol. The summed E-state index contributed by atoms with van der Waals surface area (Å²) in [5.74, 6) is 0.249. The van der Waals surface area contributed by atoms with Gasteiger partial charge in [0.15, 0.2) is 5.16 Å². The average molecular weight is 426 g/mol. The molecule has 1 saturated heterocycles. The molecule has 0 N–H and O–H groups in total. The summed E-state index contributed by atoms with van der Waals surface area (Å²) in [5, 5.41) is 1.57. The van der Waals surface area contributed by atoms with Gasteiger partial charge in [0.2, 0.25) is 5.91 Å². The normalized spacial score (nSPS) is 14.6. The van der Waals surface area contributed by atoms with Crippen LogP contribution in [0.5, 0.6) is 0 Å². The van der Waals surface area contributed by atoms with Crippen LogP contribution in [0.1, 0.15) is 13.3 Å². The second-order valence-corrected chi connectivity index (χ2v) is 7.72. The molecule has 0 unspecified atom stereocenters. The first-order valence-corrected chi connectivity index (χ1v) is 10.7. The van der Waals surface area contributed by atoms with E-state index >= 15 is 0 Å². The molecule has 28 heavy (non-hydrogen) atoms. The van der Waals surface area contributed by atoms with Gasteiger partial charge in [0.1, 0.15) is 0 Å². The summed E-state index contributed by atoms with van der Waals surface area (Å²) in [5.41, 5.74) is 0.416. The Labute approximate surface area is 173 Å². The van der Waals surface area contributed by atoms with Crippen molar-refractivity contribution in [3.05, 3.63) is 33.6 Å². The summed E-state index contributed by atoms with van der Waals surface area (Å²) in [7, 11) is 0. The first kappa shape index (κ1) is 21.1. The van der Waals surface area contributed by atoms with Crippen molar-refractivity contribution in [3.8, 4) is 0 Å². The van der Waals surface area contributed by atoms with Crippen molar-refractivity contribution in [1.29, 1.82) is 0 Å². The van der Waals surface area contributed by atoms with E-state index in [1.807, 2.05) is 6.92 Å². The van der Waals surface area contributed by atoms with Gasteiger partial charge in [-0.2, -0.15) is 0 Å². The van der Waals surface area contributed by atoms with Crippen molar-refractivity contribution < 1.29 is 14.3 Å². The predicted octanol–water partition coefficient (Wildman–Crippen LogP) is 2.43. The molecule has 1 aromatic carbocycles. The Hall–Kier alpha value is -1.61. The number of carbonyl (C=O) groups is 1.